The SMILES string of the molecule is CCc1nc2c(N3CCOCC3)nc(SCc3ccc(C)c(NC(=O)CNC(=O)OC(C)(C)C)c3)nc2n1C. The van der Waals surface area contributed by atoms with E-state index < -0.39 is 11.7 Å². The lowest BCUT2D eigenvalue weighted by Crippen LogP contribution is -2.37. The zero-order valence-electron chi connectivity index (χ0n) is 23.5. The van der Waals surface area contributed by atoms with Crippen molar-refractivity contribution in [3.63, 3.8) is 0 Å². The number of ether oxygens (including phenoxy) is 2. The molecule has 11 nitrogen and oxygen atoms in total. The summed E-state index contributed by atoms with van der Waals surface area (Å²) >= 11 is 1.54. The number of thioether (sulfide) groups is 1. The second kappa shape index (κ2) is 12.2. The molecule has 3 aromatic rings. The molecule has 0 saturated carbocycles. The van der Waals surface area contributed by atoms with Gasteiger partial charge in [0.15, 0.2) is 22.1 Å². The summed E-state index contributed by atoms with van der Waals surface area (Å²) in [6, 6.07) is 5.93. The quantitative estimate of drug-likeness (QED) is 0.315. The number of carbonyl (C=O) groups is 2. The van der Waals surface area contributed by atoms with Crippen molar-refractivity contribution >= 4 is 46.4 Å². The van der Waals surface area contributed by atoms with Crippen LogP contribution in [0.15, 0.2) is 23.4 Å². The Morgan fingerprint density at radius 3 is 2.59 bits per heavy atom. The highest BCUT2D eigenvalue weighted by molar-refractivity contribution is 7.98. The summed E-state index contributed by atoms with van der Waals surface area (Å²) in [7, 11) is 1.99. The van der Waals surface area contributed by atoms with Gasteiger partial charge in [0, 0.05) is 38.0 Å². The minimum absolute atomic E-state index is 0.185. The molecule has 0 aliphatic carbocycles. The molecule has 0 bridgehead atoms. The van der Waals surface area contributed by atoms with Gasteiger partial charge in [-0.15, -0.1) is 0 Å². The van der Waals surface area contributed by atoms with Crippen molar-refractivity contribution < 1.29 is 19.1 Å². The molecule has 0 spiro atoms. The molecular formula is C27H37N7O4S. The van der Waals surface area contributed by atoms with Crippen LogP contribution < -0.4 is 15.5 Å². The Morgan fingerprint density at radius 2 is 1.90 bits per heavy atom. The number of hydrogen-bond donors (Lipinski definition) is 2. The van der Waals surface area contributed by atoms with Gasteiger partial charge in [0.1, 0.15) is 18.0 Å². The lowest BCUT2D eigenvalue weighted by atomic mass is 10.1. The van der Waals surface area contributed by atoms with Crippen molar-refractivity contribution in [3.05, 3.63) is 35.2 Å². The molecule has 0 unspecified atom stereocenters. The third-order valence-electron chi connectivity index (χ3n) is 6.14. The number of rotatable bonds is 8. The molecule has 4 rings (SSSR count). The van der Waals surface area contributed by atoms with Crippen molar-refractivity contribution in [1.29, 1.82) is 0 Å². The van der Waals surface area contributed by atoms with E-state index in [-0.39, 0.29) is 12.5 Å². The first-order valence-electron chi connectivity index (χ1n) is 13.1. The number of anilines is 2. The number of alkyl carbamates (subject to hydrolysis) is 1. The third kappa shape index (κ3) is 7.39. The highest BCUT2D eigenvalue weighted by Gasteiger charge is 2.22. The molecule has 12 heteroatoms. The Hall–Kier alpha value is -3.38. The number of benzene rings is 1. The zero-order valence-corrected chi connectivity index (χ0v) is 24.3. The second-order valence-electron chi connectivity index (χ2n) is 10.4. The van der Waals surface area contributed by atoms with Gasteiger partial charge in [0.25, 0.3) is 0 Å². The van der Waals surface area contributed by atoms with Crippen molar-refractivity contribution in [3.8, 4) is 0 Å². The van der Waals surface area contributed by atoms with Gasteiger partial charge in [-0.1, -0.05) is 30.8 Å². The summed E-state index contributed by atoms with van der Waals surface area (Å²) in [5, 5.41) is 6.03. The van der Waals surface area contributed by atoms with Gasteiger partial charge in [0.05, 0.1) is 13.2 Å². The van der Waals surface area contributed by atoms with Gasteiger partial charge >= 0.3 is 6.09 Å². The average molecular weight is 556 g/mol. The van der Waals surface area contributed by atoms with Crippen LogP contribution in [0, 0.1) is 6.92 Å². The number of fused-ring (bicyclic) bond motifs is 1. The molecule has 39 heavy (non-hydrogen) atoms. The lowest BCUT2D eigenvalue weighted by molar-refractivity contribution is -0.115. The van der Waals surface area contributed by atoms with E-state index in [0.29, 0.717) is 29.8 Å². The number of nitrogens with one attached hydrogen (secondary N) is 2. The Kier molecular flexibility index (Phi) is 8.96. The predicted molar refractivity (Wildman–Crippen MR) is 152 cm³/mol. The van der Waals surface area contributed by atoms with Gasteiger partial charge in [-0.05, 0) is 44.9 Å². The number of aryl methyl sites for hydroxylation is 3. The van der Waals surface area contributed by atoms with Crippen LogP contribution in [0.2, 0.25) is 0 Å². The Balaban J connectivity index is 1.47. The van der Waals surface area contributed by atoms with E-state index >= 15 is 0 Å². The highest BCUT2D eigenvalue weighted by atomic mass is 32.2. The van der Waals surface area contributed by atoms with E-state index in [9.17, 15) is 9.59 Å². The average Bonchev–Trinajstić information content (AvgIpc) is 3.22. The van der Waals surface area contributed by atoms with Crippen molar-refractivity contribution in [2.45, 2.75) is 57.5 Å². The first-order valence-corrected chi connectivity index (χ1v) is 14.1. The maximum Gasteiger partial charge on any atom is 0.408 e. The third-order valence-corrected chi connectivity index (χ3v) is 7.05. The number of carbonyl (C=O) groups excluding carboxylic acids is 2. The largest absolute Gasteiger partial charge is 0.444 e. The number of nitrogens with zero attached hydrogens (tertiary/aromatic N) is 5. The molecule has 2 amide bonds. The van der Waals surface area contributed by atoms with Crippen LogP contribution in [0.3, 0.4) is 0 Å². The topological polar surface area (TPSA) is 124 Å². The summed E-state index contributed by atoms with van der Waals surface area (Å²) in [5.74, 6) is 2.10. The summed E-state index contributed by atoms with van der Waals surface area (Å²) < 4.78 is 12.8. The van der Waals surface area contributed by atoms with Gasteiger partial charge in [-0.2, -0.15) is 0 Å². The highest BCUT2D eigenvalue weighted by Crippen LogP contribution is 2.30. The van der Waals surface area contributed by atoms with Crippen LogP contribution in [0.5, 0.6) is 0 Å². The van der Waals surface area contributed by atoms with Crippen LogP contribution >= 0.6 is 11.8 Å². The summed E-state index contributed by atoms with van der Waals surface area (Å²) in [6.07, 6.45) is 0.177. The van der Waals surface area contributed by atoms with Gasteiger partial charge < -0.3 is 29.6 Å². The predicted octanol–water partition coefficient (Wildman–Crippen LogP) is 3.83. The van der Waals surface area contributed by atoms with E-state index in [4.69, 9.17) is 24.4 Å². The van der Waals surface area contributed by atoms with Gasteiger partial charge in [0.2, 0.25) is 5.91 Å². The maximum absolute atomic E-state index is 12.5. The van der Waals surface area contributed by atoms with Crippen molar-refractivity contribution in [2.24, 2.45) is 7.05 Å². The second-order valence-corrected chi connectivity index (χ2v) is 11.3. The molecule has 0 atom stereocenters. The molecule has 210 valence electrons. The smallest absolute Gasteiger partial charge is 0.408 e. The van der Waals surface area contributed by atoms with Crippen LogP contribution in [-0.2, 0) is 33.5 Å². The van der Waals surface area contributed by atoms with E-state index in [1.165, 1.54) is 11.8 Å². The molecule has 2 N–H and O–H groups in total. The first kappa shape index (κ1) is 28.6. The summed E-state index contributed by atoms with van der Waals surface area (Å²) in [6.45, 7) is 12.0. The molecule has 2 aromatic heterocycles. The van der Waals surface area contributed by atoms with Gasteiger partial charge in [-0.3, -0.25) is 4.79 Å². The van der Waals surface area contributed by atoms with Crippen molar-refractivity contribution in [1.82, 2.24) is 24.8 Å². The zero-order chi connectivity index (χ0) is 28.2. The van der Waals surface area contributed by atoms with E-state index in [0.717, 1.165) is 53.4 Å². The van der Waals surface area contributed by atoms with E-state index in [1.807, 2.05) is 36.7 Å². The first-order chi connectivity index (χ1) is 18.5. The monoisotopic (exact) mass is 555 g/mol. The Labute approximate surface area is 233 Å². The van der Waals surface area contributed by atoms with Crippen LogP contribution in [0.25, 0.3) is 11.2 Å². The fourth-order valence-corrected chi connectivity index (χ4v) is 4.93. The van der Waals surface area contributed by atoms with Crippen LogP contribution in [-0.4, -0.2) is 70.0 Å². The fraction of sp³-hybridized carbons (Fsp3) is 0.519. The molecule has 3 heterocycles. The van der Waals surface area contributed by atoms with Gasteiger partial charge in [-0.25, -0.2) is 19.7 Å². The lowest BCUT2D eigenvalue weighted by Gasteiger charge is -2.28. The molecule has 1 aromatic carbocycles. The van der Waals surface area contributed by atoms with E-state index in [1.54, 1.807) is 20.8 Å². The molecule has 1 aliphatic rings. The molecule has 1 aliphatic heterocycles. The number of aromatic nitrogens is 4. The van der Waals surface area contributed by atoms with Crippen LogP contribution in [0.1, 0.15) is 44.6 Å². The minimum Gasteiger partial charge on any atom is -0.444 e. The van der Waals surface area contributed by atoms with Crippen molar-refractivity contribution in [2.75, 3.05) is 43.1 Å². The molecular weight excluding hydrogens is 518 g/mol. The summed E-state index contributed by atoms with van der Waals surface area (Å²) in [5.41, 5.74) is 3.63. The molecule has 1 saturated heterocycles. The normalized spacial score (nSPS) is 13.9. The number of imidazole rings is 1. The molecule has 0 radical (unpaired) electrons. The number of hydrogen-bond acceptors (Lipinski definition) is 9. The summed E-state index contributed by atoms with van der Waals surface area (Å²) in [4.78, 5) is 41.1. The van der Waals surface area contributed by atoms with E-state index in [2.05, 4.69) is 22.5 Å². The maximum atomic E-state index is 12.5. The fourth-order valence-electron chi connectivity index (χ4n) is 4.15. The Bertz CT molecular complexity index is 1350. The standard InChI is InChI=1S/C27H37N7O4S/c1-7-20-30-22-23(33(20)6)31-25(32-24(22)34-10-12-37-13-11-34)39-16-18-9-8-17(2)19(14-18)29-21(35)15-28-26(36)38-27(3,4)5/h8-9,14H,7,10-13,15-16H2,1-6H3,(H,28,36)(H,29,35). The molecule has 1 fully saturated rings. The number of morpholine rings is 1. The number of amides is 2. The van der Waals surface area contributed by atoms with Crippen LogP contribution in [0.4, 0.5) is 16.3 Å². The Morgan fingerprint density at radius 1 is 1.15 bits per heavy atom. The minimum atomic E-state index is -0.632.